The highest BCUT2D eigenvalue weighted by atomic mass is 15.2. The second-order valence-corrected chi connectivity index (χ2v) is 3.96. The maximum atomic E-state index is 6.89. The second kappa shape index (κ2) is 3.45. The molecule has 2 aliphatic rings. The fourth-order valence-electron chi connectivity index (χ4n) is 2.21. The van der Waals surface area contributed by atoms with E-state index < -0.39 is 0 Å². The predicted octanol–water partition coefficient (Wildman–Crippen LogP) is 1.92. The molecular formula is C10H16N2. The summed E-state index contributed by atoms with van der Waals surface area (Å²) >= 11 is 0. The van der Waals surface area contributed by atoms with Crippen LogP contribution < -0.4 is 0 Å². The Bertz CT molecular complexity index is 191. The topological polar surface area (TPSA) is 7.60 Å². The number of likely N-dealkylation sites (tertiary alicyclic amines) is 1. The van der Waals surface area contributed by atoms with Gasteiger partial charge in [-0.25, -0.2) is 6.57 Å². The smallest absolute Gasteiger partial charge is 0.229 e. The highest BCUT2D eigenvalue weighted by molar-refractivity contribution is 4.93. The van der Waals surface area contributed by atoms with Gasteiger partial charge in [0.25, 0.3) is 0 Å². The van der Waals surface area contributed by atoms with Crippen molar-refractivity contribution in [2.45, 2.75) is 44.2 Å². The third-order valence-electron chi connectivity index (χ3n) is 2.99. The van der Waals surface area contributed by atoms with Crippen LogP contribution in [0.4, 0.5) is 0 Å². The molecule has 1 saturated heterocycles. The Morgan fingerprint density at radius 2 is 2.08 bits per heavy atom. The normalized spacial score (nSPS) is 31.4. The summed E-state index contributed by atoms with van der Waals surface area (Å²) in [6.07, 6.45) is 6.72. The second-order valence-electron chi connectivity index (χ2n) is 3.96. The molecule has 1 aliphatic carbocycles. The first-order valence-electron chi connectivity index (χ1n) is 5.01. The van der Waals surface area contributed by atoms with Crippen molar-refractivity contribution in [2.75, 3.05) is 13.1 Å². The lowest BCUT2D eigenvalue weighted by Crippen LogP contribution is -2.42. The van der Waals surface area contributed by atoms with Crippen LogP contribution >= 0.6 is 0 Å². The van der Waals surface area contributed by atoms with Crippen LogP contribution in [0.5, 0.6) is 0 Å². The molecule has 66 valence electrons. The SMILES string of the molecule is [C-]#[N+]CC1CCCCN1C1CC1. The predicted molar refractivity (Wildman–Crippen MR) is 48.8 cm³/mol. The molecule has 1 aliphatic heterocycles. The van der Waals surface area contributed by atoms with Crippen LogP contribution in [0.2, 0.25) is 0 Å². The van der Waals surface area contributed by atoms with E-state index in [4.69, 9.17) is 6.57 Å². The molecule has 0 aromatic carbocycles. The Morgan fingerprint density at radius 3 is 2.75 bits per heavy atom. The summed E-state index contributed by atoms with van der Waals surface area (Å²) in [5, 5.41) is 0. The van der Waals surface area contributed by atoms with E-state index in [1.165, 1.54) is 38.6 Å². The minimum atomic E-state index is 0.601. The van der Waals surface area contributed by atoms with Gasteiger partial charge in [-0.15, -0.1) is 0 Å². The van der Waals surface area contributed by atoms with Gasteiger partial charge in [0.15, 0.2) is 0 Å². The molecule has 0 amide bonds. The molecule has 1 atom stereocenters. The third-order valence-corrected chi connectivity index (χ3v) is 2.99. The van der Waals surface area contributed by atoms with E-state index >= 15 is 0 Å². The quantitative estimate of drug-likeness (QED) is 0.566. The van der Waals surface area contributed by atoms with Gasteiger partial charge >= 0.3 is 0 Å². The van der Waals surface area contributed by atoms with Gasteiger partial charge in [0.2, 0.25) is 6.54 Å². The van der Waals surface area contributed by atoms with Crippen molar-refractivity contribution in [1.29, 1.82) is 0 Å². The molecule has 2 nitrogen and oxygen atoms in total. The van der Waals surface area contributed by atoms with Gasteiger partial charge in [-0.1, -0.05) is 6.42 Å². The van der Waals surface area contributed by atoms with Crippen LogP contribution in [0.1, 0.15) is 32.1 Å². The van der Waals surface area contributed by atoms with Gasteiger partial charge in [0.1, 0.15) is 0 Å². The van der Waals surface area contributed by atoms with Crippen molar-refractivity contribution in [3.63, 3.8) is 0 Å². The van der Waals surface area contributed by atoms with E-state index in [1.807, 2.05) is 0 Å². The minimum absolute atomic E-state index is 0.601. The Hall–Kier alpha value is -0.550. The number of rotatable bonds is 2. The fourth-order valence-corrected chi connectivity index (χ4v) is 2.21. The molecule has 0 spiro atoms. The average molecular weight is 164 g/mol. The summed E-state index contributed by atoms with van der Waals surface area (Å²) in [7, 11) is 0. The summed E-state index contributed by atoms with van der Waals surface area (Å²) in [6, 6.07) is 1.46. The van der Waals surface area contributed by atoms with Crippen LogP contribution in [-0.2, 0) is 0 Å². The first-order valence-corrected chi connectivity index (χ1v) is 5.01. The Balaban J connectivity index is 1.92. The molecule has 0 aromatic rings. The van der Waals surface area contributed by atoms with Gasteiger partial charge in [-0.05, 0) is 32.2 Å². The molecule has 0 bridgehead atoms. The monoisotopic (exact) mass is 164 g/mol. The summed E-state index contributed by atoms with van der Waals surface area (Å²) in [5.41, 5.74) is 0. The summed E-state index contributed by atoms with van der Waals surface area (Å²) in [6.45, 7) is 8.88. The van der Waals surface area contributed by atoms with Crippen molar-refractivity contribution in [2.24, 2.45) is 0 Å². The summed E-state index contributed by atoms with van der Waals surface area (Å²) in [4.78, 5) is 6.11. The lowest BCUT2D eigenvalue weighted by molar-refractivity contribution is 0.149. The van der Waals surface area contributed by atoms with Gasteiger partial charge in [-0.3, -0.25) is 4.90 Å². The zero-order valence-corrected chi connectivity index (χ0v) is 7.50. The third kappa shape index (κ3) is 1.61. The van der Waals surface area contributed by atoms with Crippen molar-refractivity contribution in [1.82, 2.24) is 4.90 Å². The van der Waals surface area contributed by atoms with Crippen LogP contribution in [0.3, 0.4) is 0 Å². The van der Waals surface area contributed by atoms with Gasteiger partial charge in [-0.2, -0.15) is 0 Å². The van der Waals surface area contributed by atoms with Crippen molar-refractivity contribution in [3.8, 4) is 0 Å². The number of hydrogen-bond acceptors (Lipinski definition) is 1. The highest BCUT2D eigenvalue weighted by Gasteiger charge is 2.36. The Labute approximate surface area is 74.4 Å². The Kier molecular flexibility index (Phi) is 2.32. The van der Waals surface area contributed by atoms with E-state index in [1.54, 1.807) is 0 Å². The summed E-state index contributed by atoms with van der Waals surface area (Å²) < 4.78 is 0. The molecule has 1 heterocycles. The molecule has 1 unspecified atom stereocenters. The maximum absolute atomic E-state index is 6.89. The van der Waals surface area contributed by atoms with Crippen LogP contribution in [0.15, 0.2) is 0 Å². The number of nitrogens with zero attached hydrogens (tertiary/aromatic N) is 2. The van der Waals surface area contributed by atoms with E-state index in [-0.39, 0.29) is 0 Å². The molecule has 0 N–H and O–H groups in total. The molecule has 0 radical (unpaired) electrons. The number of hydrogen-bond donors (Lipinski definition) is 0. The Morgan fingerprint density at radius 1 is 1.25 bits per heavy atom. The first kappa shape index (κ1) is 8.07. The van der Waals surface area contributed by atoms with E-state index in [0.29, 0.717) is 6.04 Å². The molecular weight excluding hydrogens is 148 g/mol. The van der Waals surface area contributed by atoms with E-state index in [0.717, 1.165) is 12.6 Å². The van der Waals surface area contributed by atoms with Gasteiger partial charge < -0.3 is 4.85 Å². The first-order chi connectivity index (χ1) is 5.92. The van der Waals surface area contributed by atoms with Crippen molar-refractivity contribution >= 4 is 0 Å². The van der Waals surface area contributed by atoms with Crippen molar-refractivity contribution in [3.05, 3.63) is 11.4 Å². The van der Waals surface area contributed by atoms with Crippen LogP contribution in [-0.4, -0.2) is 30.1 Å². The minimum Gasteiger partial charge on any atom is -0.315 e. The zero-order chi connectivity index (χ0) is 8.39. The molecule has 2 fully saturated rings. The van der Waals surface area contributed by atoms with Crippen LogP contribution in [0.25, 0.3) is 4.85 Å². The van der Waals surface area contributed by atoms with Crippen molar-refractivity contribution < 1.29 is 0 Å². The number of piperidine rings is 1. The average Bonchev–Trinajstić information content (AvgIpc) is 2.89. The summed E-state index contributed by atoms with van der Waals surface area (Å²) in [5.74, 6) is 0. The fraction of sp³-hybridized carbons (Fsp3) is 0.900. The molecule has 2 heteroatoms. The van der Waals surface area contributed by atoms with Gasteiger partial charge in [0.05, 0.1) is 6.04 Å². The maximum Gasteiger partial charge on any atom is 0.229 e. The molecule has 2 rings (SSSR count). The lowest BCUT2D eigenvalue weighted by atomic mass is 10.0. The largest absolute Gasteiger partial charge is 0.315 e. The standard InChI is InChI=1S/C10H16N2/c1-11-8-10-4-2-3-7-12(10)9-5-6-9/h9-10H,2-8H2. The molecule has 1 saturated carbocycles. The van der Waals surface area contributed by atoms with Gasteiger partial charge in [0, 0.05) is 6.04 Å². The van der Waals surface area contributed by atoms with E-state index in [9.17, 15) is 0 Å². The molecule has 12 heavy (non-hydrogen) atoms. The van der Waals surface area contributed by atoms with Crippen LogP contribution in [0, 0.1) is 6.57 Å². The molecule has 0 aromatic heterocycles. The highest BCUT2D eigenvalue weighted by Crippen LogP contribution is 2.32. The lowest BCUT2D eigenvalue weighted by Gasteiger charge is -2.32. The van der Waals surface area contributed by atoms with E-state index in [2.05, 4.69) is 9.74 Å². The zero-order valence-electron chi connectivity index (χ0n) is 7.50.